The van der Waals surface area contributed by atoms with Crippen LogP contribution >= 0.6 is 0 Å². The van der Waals surface area contributed by atoms with E-state index in [0.717, 1.165) is 48.7 Å². The van der Waals surface area contributed by atoms with Crippen LogP contribution in [0.2, 0.25) is 0 Å². The van der Waals surface area contributed by atoms with Crippen molar-refractivity contribution in [1.82, 2.24) is 0 Å². The van der Waals surface area contributed by atoms with Crippen molar-refractivity contribution in [3.8, 4) is 28.2 Å². The van der Waals surface area contributed by atoms with Crippen molar-refractivity contribution in [3.63, 3.8) is 0 Å². The van der Waals surface area contributed by atoms with Gasteiger partial charge in [0.1, 0.15) is 5.75 Å². The number of hydrogen-bond donors (Lipinski definition) is 0. The van der Waals surface area contributed by atoms with E-state index in [2.05, 4.69) is 67.6 Å². The molecule has 0 atom stereocenters. The number of ether oxygens (including phenoxy) is 1. The summed E-state index contributed by atoms with van der Waals surface area (Å²) in [4.78, 5) is 0. The molecule has 0 fully saturated rings. The van der Waals surface area contributed by atoms with E-state index in [1.807, 2.05) is 0 Å². The zero-order valence-corrected chi connectivity index (χ0v) is 20.3. The van der Waals surface area contributed by atoms with E-state index in [-0.39, 0.29) is 0 Å². The van der Waals surface area contributed by atoms with Crippen molar-refractivity contribution in [2.24, 2.45) is 0 Å². The maximum Gasteiger partial charge on any atom is 0.360 e. The molecular formula is C31H39O2+. The van der Waals surface area contributed by atoms with Gasteiger partial charge in [0, 0.05) is 5.56 Å². The lowest BCUT2D eigenvalue weighted by Crippen LogP contribution is -2.05. The highest BCUT2D eigenvalue weighted by Crippen LogP contribution is 2.36. The third-order valence-corrected chi connectivity index (χ3v) is 6.74. The first-order chi connectivity index (χ1) is 16.3. The molecule has 0 saturated carbocycles. The minimum absolute atomic E-state index is 0.812. The fourth-order valence-corrected chi connectivity index (χ4v) is 4.81. The van der Waals surface area contributed by atoms with Crippen molar-refractivity contribution < 1.29 is 9.15 Å². The highest BCUT2D eigenvalue weighted by molar-refractivity contribution is 5.73. The Labute approximate surface area is 200 Å². The fraction of sp³-hybridized carbons (Fsp3) is 0.452. The van der Waals surface area contributed by atoms with Crippen LogP contribution in [0.5, 0.6) is 5.75 Å². The average molecular weight is 444 g/mol. The third-order valence-electron chi connectivity index (χ3n) is 6.74. The van der Waals surface area contributed by atoms with Crippen LogP contribution in [0.25, 0.3) is 22.5 Å². The van der Waals surface area contributed by atoms with Crippen LogP contribution in [0.4, 0.5) is 0 Å². The zero-order valence-electron chi connectivity index (χ0n) is 20.3. The lowest BCUT2D eigenvalue weighted by molar-refractivity contribution is 0.304. The SMILES string of the molecule is CCCCCCCCCCOc1ccc(-c2cc(-c3ccccc3)[o+]c3c2CCCC3)cc1. The van der Waals surface area contributed by atoms with Crippen LogP contribution < -0.4 is 4.74 Å². The normalized spacial score (nSPS) is 13.0. The molecule has 0 radical (unpaired) electrons. The van der Waals surface area contributed by atoms with Crippen molar-refractivity contribution >= 4 is 0 Å². The van der Waals surface area contributed by atoms with Gasteiger partial charge in [0.25, 0.3) is 0 Å². The van der Waals surface area contributed by atoms with Gasteiger partial charge in [-0.05, 0) is 55.5 Å². The number of benzene rings is 2. The lowest BCUT2D eigenvalue weighted by Gasteiger charge is -2.14. The highest BCUT2D eigenvalue weighted by Gasteiger charge is 2.27. The summed E-state index contributed by atoms with van der Waals surface area (Å²) < 4.78 is 12.4. The fourth-order valence-electron chi connectivity index (χ4n) is 4.81. The molecule has 0 unspecified atom stereocenters. The predicted octanol–water partition coefficient (Wildman–Crippen LogP) is 9.29. The second kappa shape index (κ2) is 12.6. The maximum atomic E-state index is 6.36. The molecule has 174 valence electrons. The van der Waals surface area contributed by atoms with Gasteiger partial charge in [-0.2, -0.15) is 0 Å². The summed E-state index contributed by atoms with van der Waals surface area (Å²) in [5.41, 5.74) is 5.08. The summed E-state index contributed by atoms with van der Waals surface area (Å²) in [6.07, 6.45) is 15.2. The summed E-state index contributed by atoms with van der Waals surface area (Å²) in [7, 11) is 0. The molecule has 2 aromatic carbocycles. The molecule has 0 saturated heterocycles. The number of rotatable bonds is 12. The Kier molecular flexibility index (Phi) is 8.98. The second-order valence-electron chi connectivity index (χ2n) is 9.35. The molecule has 1 aromatic heterocycles. The molecule has 2 heteroatoms. The summed E-state index contributed by atoms with van der Waals surface area (Å²) >= 11 is 0. The molecular weight excluding hydrogens is 404 g/mol. The maximum absolute atomic E-state index is 6.36. The van der Waals surface area contributed by atoms with Crippen LogP contribution in [0.3, 0.4) is 0 Å². The molecule has 2 nitrogen and oxygen atoms in total. The zero-order chi connectivity index (χ0) is 22.7. The van der Waals surface area contributed by atoms with E-state index in [9.17, 15) is 0 Å². The summed E-state index contributed by atoms with van der Waals surface area (Å²) in [6.45, 7) is 3.08. The van der Waals surface area contributed by atoms with Crippen molar-refractivity contribution in [3.05, 3.63) is 72.0 Å². The van der Waals surface area contributed by atoms with Crippen LogP contribution in [0.1, 0.15) is 82.5 Å². The number of hydrogen-bond acceptors (Lipinski definition) is 1. The Bertz CT molecular complexity index is 976. The van der Waals surface area contributed by atoms with Crippen LogP contribution in [-0.2, 0) is 12.8 Å². The molecule has 0 aliphatic heterocycles. The molecule has 0 bridgehead atoms. The first-order valence-corrected chi connectivity index (χ1v) is 13.1. The molecule has 0 amide bonds. The Morgan fingerprint density at radius 3 is 2.18 bits per heavy atom. The van der Waals surface area contributed by atoms with E-state index in [1.165, 1.54) is 74.5 Å². The number of aryl methyl sites for hydroxylation is 1. The summed E-state index contributed by atoms with van der Waals surface area (Å²) in [5.74, 6) is 3.09. The first-order valence-electron chi connectivity index (χ1n) is 13.1. The predicted molar refractivity (Wildman–Crippen MR) is 139 cm³/mol. The van der Waals surface area contributed by atoms with Crippen molar-refractivity contribution in [2.45, 2.75) is 84.0 Å². The van der Waals surface area contributed by atoms with E-state index < -0.39 is 0 Å². The molecule has 1 aliphatic carbocycles. The Hall–Kier alpha value is -2.61. The number of unbranched alkanes of at least 4 members (excludes halogenated alkanes) is 7. The average Bonchev–Trinajstić information content (AvgIpc) is 2.88. The third kappa shape index (κ3) is 6.69. The molecule has 1 heterocycles. The Morgan fingerprint density at radius 1 is 0.727 bits per heavy atom. The van der Waals surface area contributed by atoms with E-state index >= 15 is 0 Å². The number of fused-ring (bicyclic) bond motifs is 1. The van der Waals surface area contributed by atoms with Gasteiger partial charge < -0.3 is 4.74 Å². The van der Waals surface area contributed by atoms with Gasteiger partial charge in [0.2, 0.25) is 0 Å². The topological polar surface area (TPSA) is 20.5 Å². The van der Waals surface area contributed by atoms with Gasteiger partial charge in [-0.1, -0.05) is 82.2 Å². The van der Waals surface area contributed by atoms with Crippen LogP contribution in [0.15, 0.2) is 65.1 Å². The Balaban J connectivity index is 1.37. The molecule has 0 spiro atoms. The lowest BCUT2D eigenvalue weighted by atomic mass is 9.89. The van der Waals surface area contributed by atoms with Crippen molar-refractivity contribution in [1.29, 1.82) is 0 Å². The van der Waals surface area contributed by atoms with Gasteiger partial charge in [0.05, 0.1) is 30.2 Å². The van der Waals surface area contributed by atoms with Crippen molar-refractivity contribution in [2.75, 3.05) is 6.61 Å². The van der Waals surface area contributed by atoms with Gasteiger partial charge in [-0.3, -0.25) is 0 Å². The monoisotopic (exact) mass is 443 g/mol. The van der Waals surface area contributed by atoms with Crippen LogP contribution in [-0.4, -0.2) is 6.61 Å². The van der Waals surface area contributed by atoms with Gasteiger partial charge in [0.15, 0.2) is 0 Å². The highest BCUT2D eigenvalue weighted by atomic mass is 16.5. The minimum atomic E-state index is 0.812. The summed E-state index contributed by atoms with van der Waals surface area (Å²) in [5, 5.41) is 0. The van der Waals surface area contributed by atoms with E-state index in [0.29, 0.717) is 0 Å². The molecule has 3 aromatic rings. The smallest absolute Gasteiger partial charge is 0.360 e. The molecule has 33 heavy (non-hydrogen) atoms. The van der Waals surface area contributed by atoms with E-state index in [1.54, 1.807) is 0 Å². The second-order valence-corrected chi connectivity index (χ2v) is 9.35. The molecule has 4 rings (SSSR count). The van der Waals surface area contributed by atoms with Gasteiger partial charge >= 0.3 is 11.5 Å². The quantitative estimate of drug-likeness (QED) is 0.205. The molecule has 0 N–H and O–H groups in total. The van der Waals surface area contributed by atoms with Gasteiger partial charge in [-0.25, -0.2) is 4.42 Å². The van der Waals surface area contributed by atoms with E-state index in [4.69, 9.17) is 9.15 Å². The standard InChI is InChI=1S/C31H39O2/c1-2-3-4-5-6-7-8-14-23-32-27-21-19-25(20-22-27)29-24-31(26-15-10-9-11-16-26)33-30-18-13-12-17-28(29)30/h9-11,15-16,19-22,24H,2-8,12-14,17-18,23H2,1H3/q+1. The van der Waals surface area contributed by atoms with Gasteiger partial charge in [-0.15, -0.1) is 0 Å². The first kappa shape index (κ1) is 23.5. The van der Waals surface area contributed by atoms with Crippen LogP contribution in [0, 0.1) is 0 Å². The molecule has 1 aliphatic rings. The Morgan fingerprint density at radius 2 is 1.42 bits per heavy atom. The minimum Gasteiger partial charge on any atom is -0.494 e. The summed E-state index contributed by atoms with van der Waals surface area (Å²) in [6, 6.07) is 21.4. The largest absolute Gasteiger partial charge is 0.494 e.